The SMILES string of the molecule is CC(=O)N1CCC(C(=O)Nc2sc(C)c(-c3ccccc3)c2C#N)CC1. The molecule has 2 aromatic rings. The van der Waals surface area contributed by atoms with Crippen molar-refractivity contribution >= 4 is 28.2 Å². The fraction of sp³-hybridized carbons (Fsp3) is 0.350. The van der Waals surface area contributed by atoms with Crippen LogP contribution in [0.3, 0.4) is 0 Å². The Morgan fingerprint density at radius 1 is 1.23 bits per heavy atom. The lowest BCUT2D eigenvalue weighted by Crippen LogP contribution is -2.40. The summed E-state index contributed by atoms with van der Waals surface area (Å²) < 4.78 is 0. The first-order valence-electron chi connectivity index (χ1n) is 8.66. The van der Waals surface area contributed by atoms with E-state index in [1.807, 2.05) is 37.3 Å². The molecular weight excluding hydrogens is 346 g/mol. The summed E-state index contributed by atoms with van der Waals surface area (Å²) >= 11 is 1.44. The van der Waals surface area contributed by atoms with Crippen molar-refractivity contribution in [1.29, 1.82) is 5.26 Å². The van der Waals surface area contributed by atoms with Gasteiger partial charge in [-0.05, 0) is 25.3 Å². The van der Waals surface area contributed by atoms with E-state index in [0.29, 0.717) is 36.5 Å². The normalized spacial score (nSPS) is 14.7. The van der Waals surface area contributed by atoms with E-state index in [1.165, 1.54) is 11.3 Å². The maximum Gasteiger partial charge on any atom is 0.228 e. The lowest BCUT2D eigenvalue weighted by molar-refractivity contribution is -0.132. The van der Waals surface area contributed by atoms with Gasteiger partial charge in [-0.2, -0.15) is 5.26 Å². The van der Waals surface area contributed by atoms with Crippen LogP contribution in [0.15, 0.2) is 30.3 Å². The van der Waals surface area contributed by atoms with Crippen molar-refractivity contribution in [3.05, 3.63) is 40.8 Å². The van der Waals surface area contributed by atoms with Crippen LogP contribution in [-0.4, -0.2) is 29.8 Å². The molecule has 1 aromatic heterocycles. The second kappa shape index (κ2) is 7.71. The Morgan fingerprint density at radius 3 is 2.46 bits per heavy atom. The second-order valence-corrected chi connectivity index (χ2v) is 7.71. The first kappa shape index (κ1) is 18.2. The number of benzene rings is 1. The average Bonchev–Trinajstić information content (AvgIpc) is 2.97. The molecule has 0 unspecified atom stereocenters. The predicted molar refractivity (Wildman–Crippen MR) is 103 cm³/mol. The molecule has 5 nitrogen and oxygen atoms in total. The molecule has 0 atom stereocenters. The van der Waals surface area contributed by atoms with Gasteiger partial charge in [-0.1, -0.05) is 30.3 Å². The molecule has 1 saturated heterocycles. The van der Waals surface area contributed by atoms with E-state index in [4.69, 9.17) is 0 Å². The van der Waals surface area contributed by atoms with E-state index in [0.717, 1.165) is 16.0 Å². The summed E-state index contributed by atoms with van der Waals surface area (Å²) in [4.78, 5) is 26.8. The molecule has 1 N–H and O–H groups in total. The molecule has 1 aliphatic rings. The Bertz CT molecular complexity index is 859. The number of nitriles is 1. The number of hydrogen-bond donors (Lipinski definition) is 1. The van der Waals surface area contributed by atoms with Crippen molar-refractivity contribution in [3.8, 4) is 17.2 Å². The third-order valence-electron chi connectivity index (χ3n) is 4.81. The van der Waals surface area contributed by atoms with Gasteiger partial charge >= 0.3 is 0 Å². The minimum Gasteiger partial charge on any atom is -0.343 e. The highest BCUT2D eigenvalue weighted by atomic mass is 32.1. The molecule has 0 saturated carbocycles. The second-order valence-electron chi connectivity index (χ2n) is 6.48. The first-order chi connectivity index (χ1) is 12.5. The summed E-state index contributed by atoms with van der Waals surface area (Å²) in [6, 6.07) is 12.0. The van der Waals surface area contributed by atoms with Crippen LogP contribution >= 0.6 is 11.3 Å². The van der Waals surface area contributed by atoms with Gasteiger partial charge < -0.3 is 10.2 Å². The van der Waals surface area contributed by atoms with E-state index >= 15 is 0 Å². The Labute approximate surface area is 157 Å². The molecular formula is C20H21N3O2S. The molecule has 0 bridgehead atoms. The standard InChI is InChI=1S/C20H21N3O2S/c1-13-18(15-6-4-3-5-7-15)17(12-21)20(26-13)22-19(25)16-8-10-23(11-9-16)14(2)24/h3-7,16H,8-11H2,1-2H3,(H,22,25). The first-order valence-corrected chi connectivity index (χ1v) is 9.48. The van der Waals surface area contributed by atoms with E-state index in [-0.39, 0.29) is 17.7 Å². The topological polar surface area (TPSA) is 73.2 Å². The lowest BCUT2D eigenvalue weighted by atomic mass is 9.95. The van der Waals surface area contributed by atoms with Gasteiger partial charge in [0, 0.05) is 36.4 Å². The Morgan fingerprint density at radius 2 is 1.88 bits per heavy atom. The number of hydrogen-bond acceptors (Lipinski definition) is 4. The van der Waals surface area contributed by atoms with Crippen molar-refractivity contribution < 1.29 is 9.59 Å². The van der Waals surface area contributed by atoms with Crippen molar-refractivity contribution in [1.82, 2.24) is 4.90 Å². The van der Waals surface area contributed by atoms with Gasteiger partial charge in [0.25, 0.3) is 0 Å². The molecule has 2 heterocycles. The zero-order chi connectivity index (χ0) is 18.7. The van der Waals surface area contributed by atoms with Crippen LogP contribution in [0.1, 0.15) is 30.2 Å². The average molecular weight is 367 g/mol. The third kappa shape index (κ3) is 3.63. The molecule has 1 fully saturated rings. The molecule has 2 amide bonds. The number of piperidine rings is 1. The monoisotopic (exact) mass is 367 g/mol. The van der Waals surface area contributed by atoms with E-state index in [9.17, 15) is 14.9 Å². The minimum absolute atomic E-state index is 0.0528. The highest BCUT2D eigenvalue weighted by Crippen LogP contribution is 2.39. The van der Waals surface area contributed by atoms with Gasteiger partial charge in [0.2, 0.25) is 11.8 Å². The predicted octanol–water partition coefficient (Wildman–Crippen LogP) is 3.79. The molecule has 26 heavy (non-hydrogen) atoms. The van der Waals surface area contributed by atoms with Crippen LogP contribution in [-0.2, 0) is 9.59 Å². The van der Waals surface area contributed by atoms with E-state index in [1.54, 1.807) is 11.8 Å². The summed E-state index contributed by atoms with van der Waals surface area (Å²) in [5, 5.41) is 13.2. The number of nitrogens with zero attached hydrogens (tertiary/aromatic N) is 2. The van der Waals surface area contributed by atoms with Crippen LogP contribution in [0.25, 0.3) is 11.1 Å². The van der Waals surface area contributed by atoms with Crippen molar-refractivity contribution in [3.63, 3.8) is 0 Å². The molecule has 0 spiro atoms. The van der Waals surface area contributed by atoms with Crippen LogP contribution in [0.4, 0.5) is 5.00 Å². The van der Waals surface area contributed by atoms with Gasteiger partial charge in [-0.15, -0.1) is 11.3 Å². The van der Waals surface area contributed by atoms with Crippen LogP contribution in [0.2, 0.25) is 0 Å². The maximum atomic E-state index is 12.7. The van der Waals surface area contributed by atoms with E-state index in [2.05, 4.69) is 11.4 Å². The number of carbonyl (C=O) groups is 2. The number of amides is 2. The third-order valence-corrected chi connectivity index (χ3v) is 5.83. The van der Waals surface area contributed by atoms with Gasteiger partial charge in [0.05, 0.1) is 5.56 Å². The zero-order valence-corrected chi connectivity index (χ0v) is 15.7. The summed E-state index contributed by atoms with van der Waals surface area (Å²) in [5.74, 6) is -0.137. The smallest absolute Gasteiger partial charge is 0.228 e. The minimum atomic E-state index is -0.125. The van der Waals surface area contributed by atoms with Crippen molar-refractivity contribution in [2.24, 2.45) is 5.92 Å². The largest absolute Gasteiger partial charge is 0.343 e. The van der Waals surface area contributed by atoms with E-state index < -0.39 is 0 Å². The lowest BCUT2D eigenvalue weighted by Gasteiger charge is -2.30. The number of anilines is 1. The molecule has 1 aliphatic heterocycles. The number of aryl methyl sites for hydroxylation is 1. The molecule has 1 aromatic carbocycles. The Hall–Kier alpha value is -2.65. The van der Waals surface area contributed by atoms with Crippen molar-refractivity contribution in [2.75, 3.05) is 18.4 Å². The summed E-state index contributed by atoms with van der Waals surface area (Å²) in [6.07, 6.45) is 1.31. The summed E-state index contributed by atoms with van der Waals surface area (Å²) in [5.41, 5.74) is 2.39. The molecule has 6 heteroatoms. The Kier molecular flexibility index (Phi) is 5.38. The highest BCUT2D eigenvalue weighted by molar-refractivity contribution is 7.17. The summed E-state index contributed by atoms with van der Waals surface area (Å²) in [7, 11) is 0. The summed E-state index contributed by atoms with van der Waals surface area (Å²) in [6.45, 7) is 4.74. The molecule has 0 aliphatic carbocycles. The van der Waals surface area contributed by atoms with Crippen LogP contribution in [0, 0.1) is 24.2 Å². The molecule has 0 radical (unpaired) electrons. The Balaban J connectivity index is 1.78. The van der Waals surface area contributed by atoms with Gasteiger partial charge in [-0.25, -0.2) is 0 Å². The van der Waals surface area contributed by atoms with Gasteiger partial charge in [0.1, 0.15) is 11.1 Å². The maximum absolute atomic E-state index is 12.7. The van der Waals surface area contributed by atoms with Gasteiger partial charge in [0.15, 0.2) is 0 Å². The number of carbonyl (C=O) groups excluding carboxylic acids is 2. The van der Waals surface area contributed by atoms with Crippen LogP contribution in [0.5, 0.6) is 0 Å². The number of rotatable bonds is 3. The highest BCUT2D eigenvalue weighted by Gasteiger charge is 2.27. The number of nitrogens with one attached hydrogen (secondary N) is 1. The fourth-order valence-electron chi connectivity index (χ4n) is 3.36. The molecule has 134 valence electrons. The van der Waals surface area contributed by atoms with Crippen LogP contribution < -0.4 is 5.32 Å². The van der Waals surface area contributed by atoms with Gasteiger partial charge in [-0.3, -0.25) is 9.59 Å². The number of likely N-dealkylation sites (tertiary alicyclic amines) is 1. The zero-order valence-electron chi connectivity index (χ0n) is 14.9. The molecule has 3 rings (SSSR count). The number of thiophene rings is 1. The quantitative estimate of drug-likeness (QED) is 0.897. The fourth-order valence-corrected chi connectivity index (χ4v) is 4.39. The van der Waals surface area contributed by atoms with Crippen molar-refractivity contribution in [2.45, 2.75) is 26.7 Å².